The van der Waals surface area contributed by atoms with Crippen molar-refractivity contribution in [2.75, 3.05) is 0 Å². The maximum Gasteiger partial charge on any atom is 0.0709 e. The van der Waals surface area contributed by atoms with E-state index in [1.165, 1.54) is 5.39 Å². The van der Waals surface area contributed by atoms with Crippen LogP contribution in [-0.2, 0) is 20.1 Å². The van der Waals surface area contributed by atoms with E-state index in [0.717, 1.165) is 16.8 Å². The van der Waals surface area contributed by atoms with Crippen molar-refractivity contribution >= 4 is 10.9 Å². The Labute approximate surface area is 114 Å². The topological polar surface area (TPSA) is 12.9 Å². The first-order chi connectivity index (χ1) is 7.93. The van der Waals surface area contributed by atoms with Crippen molar-refractivity contribution in [3.63, 3.8) is 0 Å². The molecule has 0 amide bonds. The number of nitrogens with zero attached hydrogens (tertiary/aromatic N) is 1. The van der Waals surface area contributed by atoms with Gasteiger partial charge in [0.05, 0.1) is 11.2 Å². The molecule has 0 saturated carbocycles. The molecule has 3 aromatic rings. The van der Waals surface area contributed by atoms with Crippen molar-refractivity contribution in [2.24, 2.45) is 0 Å². The summed E-state index contributed by atoms with van der Waals surface area (Å²) in [6, 6.07) is 22.6. The Balaban J connectivity index is 0.00000108. The third kappa shape index (κ3) is 2.44. The molecule has 0 bridgehead atoms. The first kappa shape index (κ1) is 12.0. The number of hydrogen-bond donors (Lipinski definition) is 0. The molecule has 0 N–H and O–H groups in total. The number of pyridine rings is 1. The zero-order valence-electron chi connectivity index (χ0n) is 9.13. The van der Waals surface area contributed by atoms with Gasteiger partial charge in [0.2, 0.25) is 0 Å². The molecule has 3 rings (SSSR count). The zero-order valence-corrected chi connectivity index (χ0v) is 11.5. The van der Waals surface area contributed by atoms with E-state index in [4.69, 9.17) is 0 Å². The van der Waals surface area contributed by atoms with Crippen LogP contribution < -0.4 is 0 Å². The number of aromatic nitrogens is 1. The molecule has 0 aliphatic heterocycles. The van der Waals surface area contributed by atoms with E-state index >= 15 is 0 Å². The number of rotatable bonds is 1. The molecule has 1 radical (unpaired) electrons. The molecule has 2 heteroatoms. The minimum absolute atomic E-state index is 0. The van der Waals surface area contributed by atoms with Crippen molar-refractivity contribution in [1.29, 1.82) is 0 Å². The first-order valence-corrected chi connectivity index (χ1v) is 5.35. The Kier molecular flexibility index (Phi) is 3.68. The van der Waals surface area contributed by atoms with Gasteiger partial charge in [-0.25, -0.2) is 4.98 Å². The molecule has 85 valence electrons. The first-order valence-electron chi connectivity index (χ1n) is 5.35. The van der Waals surface area contributed by atoms with E-state index < -0.39 is 0 Å². The SMILES string of the molecule is [Ir].c1ccc(-c2ccc3ccccc3n2)cc1. The Morgan fingerprint density at radius 1 is 0.647 bits per heavy atom. The van der Waals surface area contributed by atoms with Gasteiger partial charge in [-0.2, -0.15) is 0 Å². The van der Waals surface area contributed by atoms with Crippen molar-refractivity contribution in [2.45, 2.75) is 0 Å². The summed E-state index contributed by atoms with van der Waals surface area (Å²) in [5, 5.41) is 1.18. The molecule has 1 nitrogen and oxygen atoms in total. The van der Waals surface area contributed by atoms with E-state index in [9.17, 15) is 0 Å². The van der Waals surface area contributed by atoms with Crippen LogP contribution in [0.2, 0.25) is 0 Å². The fourth-order valence-electron chi connectivity index (χ4n) is 1.84. The molecule has 17 heavy (non-hydrogen) atoms. The standard InChI is InChI=1S/C15H11N.Ir/c1-2-6-12(7-3-1)15-11-10-13-8-4-5-9-14(13)16-15;/h1-11H;. The van der Waals surface area contributed by atoms with Crippen molar-refractivity contribution in [3.05, 3.63) is 66.7 Å². The molecular formula is C15H11IrN. The monoisotopic (exact) mass is 398 g/mol. The Hall–Kier alpha value is -1.50. The van der Waals surface area contributed by atoms with Crippen LogP contribution in [0.25, 0.3) is 22.2 Å². The second-order valence-electron chi connectivity index (χ2n) is 3.76. The van der Waals surface area contributed by atoms with Gasteiger partial charge in [-0.3, -0.25) is 0 Å². The molecule has 0 aliphatic rings. The molecule has 0 saturated heterocycles. The number of fused-ring (bicyclic) bond motifs is 1. The van der Waals surface area contributed by atoms with E-state index in [1.54, 1.807) is 0 Å². The maximum absolute atomic E-state index is 4.65. The number of hydrogen-bond acceptors (Lipinski definition) is 1. The summed E-state index contributed by atoms with van der Waals surface area (Å²) in [7, 11) is 0. The second kappa shape index (κ2) is 5.22. The summed E-state index contributed by atoms with van der Waals surface area (Å²) in [4.78, 5) is 4.65. The Morgan fingerprint density at radius 2 is 1.35 bits per heavy atom. The molecule has 0 spiro atoms. The average molecular weight is 397 g/mol. The summed E-state index contributed by atoms with van der Waals surface area (Å²) < 4.78 is 0. The van der Waals surface area contributed by atoms with Crippen molar-refractivity contribution < 1.29 is 20.1 Å². The van der Waals surface area contributed by atoms with Gasteiger partial charge in [-0.05, 0) is 12.1 Å². The summed E-state index contributed by atoms with van der Waals surface area (Å²) in [5.74, 6) is 0. The third-order valence-electron chi connectivity index (χ3n) is 2.67. The quantitative estimate of drug-likeness (QED) is 0.607. The molecule has 0 unspecified atom stereocenters. The maximum atomic E-state index is 4.65. The smallest absolute Gasteiger partial charge is 0.0709 e. The normalized spacial score (nSPS) is 9.88. The molecule has 1 heterocycles. The van der Waals surface area contributed by atoms with Crippen LogP contribution in [0.3, 0.4) is 0 Å². The number of para-hydroxylation sites is 1. The molecular weight excluding hydrogens is 386 g/mol. The van der Waals surface area contributed by atoms with Gasteiger partial charge in [-0.1, -0.05) is 54.6 Å². The van der Waals surface area contributed by atoms with Gasteiger partial charge < -0.3 is 0 Å². The van der Waals surface area contributed by atoms with Crippen LogP contribution in [0, 0.1) is 0 Å². The van der Waals surface area contributed by atoms with Crippen LogP contribution in [-0.4, -0.2) is 4.98 Å². The van der Waals surface area contributed by atoms with Crippen molar-refractivity contribution in [3.8, 4) is 11.3 Å². The van der Waals surface area contributed by atoms with Crippen LogP contribution in [0.1, 0.15) is 0 Å². The van der Waals surface area contributed by atoms with Crippen LogP contribution in [0.4, 0.5) is 0 Å². The summed E-state index contributed by atoms with van der Waals surface area (Å²) in [6.07, 6.45) is 0. The minimum atomic E-state index is 0. The fourth-order valence-corrected chi connectivity index (χ4v) is 1.84. The van der Waals surface area contributed by atoms with Crippen LogP contribution in [0.15, 0.2) is 66.7 Å². The largest absolute Gasteiger partial charge is 0.248 e. The predicted molar refractivity (Wildman–Crippen MR) is 67.2 cm³/mol. The van der Waals surface area contributed by atoms with Gasteiger partial charge in [0.15, 0.2) is 0 Å². The van der Waals surface area contributed by atoms with Gasteiger partial charge in [0, 0.05) is 31.1 Å². The fraction of sp³-hybridized carbons (Fsp3) is 0. The molecule has 1 aromatic heterocycles. The molecule has 2 aromatic carbocycles. The van der Waals surface area contributed by atoms with E-state index in [0.29, 0.717) is 0 Å². The average Bonchev–Trinajstić information content (AvgIpc) is 2.39. The minimum Gasteiger partial charge on any atom is -0.248 e. The van der Waals surface area contributed by atoms with E-state index in [1.807, 2.05) is 36.4 Å². The van der Waals surface area contributed by atoms with Gasteiger partial charge in [0.25, 0.3) is 0 Å². The Morgan fingerprint density at radius 3 is 2.18 bits per heavy atom. The summed E-state index contributed by atoms with van der Waals surface area (Å²) in [6.45, 7) is 0. The third-order valence-corrected chi connectivity index (χ3v) is 2.67. The predicted octanol–water partition coefficient (Wildman–Crippen LogP) is 3.90. The van der Waals surface area contributed by atoms with Gasteiger partial charge in [0.1, 0.15) is 0 Å². The van der Waals surface area contributed by atoms with E-state index in [-0.39, 0.29) is 20.1 Å². The van der Waals surface area contributed by atoms with Gasteiger partial charge >= 0.3 is 0 Å². The Bertz CT molecular complexity index is 620. The second-order valence-corrected chi connectivity index (χ2v) is 3.76. The molecule has 0 aliphatic carbocycles. The summed E-state index contributed by atoms with van der Waals surface area (Å²) in [5.41, 5.74) is 3.23. The summed E-state index contributed by atoms with van der Waals surface area (Å²) >= 11 is 0. The van der Waals surface area contributed by atoms with Crippen LogP contribution in [0.5, 0.6) is 0 Å². The van der Waals surface area contributed by atoms with Crippen molar-refractivity contribution in [1.82, 2.24) is 4.98 Å². The molecule has 0 fully saturated rings. The number of benzene rings is 2. The molecule has 0 atom stereocenters. The van der Waals surface area contributed by atoms with Gasteiger partial charge in [-0.15, -0.1) is 0 Å². The van der Waals surface area contributed by atoms with E-state index in [2.05, 4.69) is 35.3 Å². The van der Waals surface area contributed by atoms with Crippen LogP contribution >= 0.6 is 0 Å². The zero-order chi connectivity index (χ0) is 10.8.